The van der Waals surface area contributed by atoms with Crippen LogP contribution in [-0.4, -0.2) is 0 Å². The first-order valence-corrected chi connectivity index (χ1v) is 3.75. The lowest BCUT2D eigenvalue weighted by Gasteiger charge is -1.98. The van der Waals surface area contributed by atoms with Gasteiger partial charge in [0.05, 0.1) is 0 Å². The molecule has 0 spiro atoms. The van der Waals surface area contributed by atoms with Crippen molar-refractivity contribution in [2.45, 2.75) is 33.6 Å². The molecule has 0 bridgehead atoms. The molecule has 0 nitrogen and oxygen atoms in total. The molecule has 2 atom stereocenters. The van der Waals surface area contributed by atoms with Gasteiger partial charge in [-0.25, -0.2) is 0 Å². The summed E-state index contributed by atoms with van der Waals surface area (Å²) < 4.78 is 0. The molecule has 1 rings (SSSR count). The Morgan fingerprint density at radius 2 is 2.12 bits per heavy atom. The maximum atomic E-state index is 2.33. The highest BCUT2D eigenvalue weighted by Gasteiger charge is 2.36. The van der Waals surface area contributed by atoms with Gasteiger partial charge in [-0.15, -0.1) is 0 Å². The molecule has 0 aliphatic heterocycles. The third kappa shape index (κ3) is 1.04. The van der Waals surface area contributed by atoms with Gasteiger partial charge in [0.1, 0.15) is 0 Å². The van der Waals surface area contributed by atoms with E-state index in [-0.39, 0.29) is 0 Å². The fraction of sp³-hybridized carbons (Fsp3) is 1.00. The van der Waals surface area contributed by atoms with E-state index in [0.29, 0.717) is 0 Å². The zero-order chi connectivity index (χ0) is 6.15. The lowest BCUT2D eigenvalue weighted by atomic mass is 10.1. The molecular formula is C8H16. The number of hydrogen-bond donors (Lipinski definition) is 0. The molecule has 1 fully saturated rings. The molecule has 1 aliphatic rings. The molecule has 8 heavy (non-hydrogen) atoms. The minimum Gasteiger partial charge on any atom is -0.0651 e. The van der Waals surface area contributed by atoms with Gasteiger partial charge in [-0.3, -0.25) is 0 Å². The minimum atomic E-state index is 0.944. The Labute approximate surface area is 52.3 Å². The largest absolute Gasteiger partial charge is 0.0651 e. The van der Waals surface area contributed by atoms with Crippen molar-refractivity contribution in [3.8, 4) is 0 Å². The van der Waals surface area contributed by atoms with Gasteiger partial charge in [0.15, 0.2) is 0 Å². The summed E-state index contributed by atoms with van der Waals surface area (Å²) in [6, 6.07) is 0. The van der Waals surface area contributed by atoms with Crippen LogP contribution in [0.15, 0.2) is 0 Å². The van der Waals surface area contributed by atoms with Crippen molar-refractivity contribution in [2.75, 3.05) is 0 Å². The molecule has 0 aromatic carbocycles. The minimum absolute atomic E-state index is 0.944. The first kappa shape index (κ1) is 6.12. The summed E-state index contributed by atoms with van der Waals surface area (Å²) >= 11 is 0. The van der Waals surface area contributed by atoms with Gasteiger partial charge in [0.2, 0.25) is 0 Å². The van der Waals surface area contributed by atoms with Gasteiger partial charge in [-0.05, 0) is 24.2 Å². The monoisotopic (exact) mass is 112 g/mol. The molecule has 0 amide bonds. The normalized spacial score (nSPS) is 36.0. The zero-order valence-corrected chi connectivity index (χ0v) is 6.15. The van der Waals surface area contributed by atoms with E-state index >= 15 is 0 Å². The number of hydrogen-bond acceptors (Lipinski definition) is 0. The van der Waals surface area contributed by atoms with Gasteiger partial charge >= 0.3 is 0 Å². The lowest BCUT2D eigenvalue weighted by Crippen LogP contribution is -1.90. The first-order valence-electron chi connectivity index (χ1n) is 3.75. The Balaban J connectivity index is 2.16. The van der Waals surface area contributed by atoms with Crippen molar-refractivity contribution >= 4 is 0 Å². The van der Waals surface area contributed by atoms with E-state index in [0.717, 1.165) is 17.8 Å². The quantitative estimate of drug-likeness (QED) is 0.515. The van der Waals surface area contributed by atoms with Crippen molar-refractivity contribution in [3.05, 3.63) is 0 Å². The number of rotatable bonds is 2. The SMILES string of the molecule is CC[C@@H]1C[C@H]1C(C)C. The molecule has 1 saturated carbocycles. The summed E-state index contributed by atoms with van der Waals surface area (Å²) in [6.45, 7) is 6.97. The van der Waals surface area contributed by atoms with E-state index in [1.54, 1.807) is 0 Å². The maximum absolute atomic E-state index is 2.33. The van der Waals surface area contributed by atoms with Crippen molar-refractivity contribution in [1.29, 1.82) is 0 Å². The summed E-state index contributed by atoms with van der Waals surface area (Å²) in [5, 5.41) is 0. The lowest BCUT2D eigenvalue weighted by molar-refractivity contribution is 0.512. The molecule has 0 N–H and O–H groups in total. The van der Waals surface area contributed by atoms with E-state index in [1.165, 1.54) is 12.8 Å². The van der Waals surface area contributed by atoms with Gasteiger partial charge in [-0.2, -0.15) is 0 Å². The second-order valence-electron chi connectivity index (χ2n) is 3.31. The highest BCUT2D eigenvalue weighted by atomic mass is 14.4. The first-order chi connectivity index (χ1) is 3.75. The predicted octanol–water partition coefficient (Wildman–Crippen LogP) is 2.69. The predicted molar refractivity (Wildman–Crippen MR) is 36.7 cm³/mol. The fourth-order valence-corrected chi connectivity index (χ4v) is 1.56. The average molecular weight is 112 g/mol. The van der Waals surface area contributed by atoms with Gasteiger partial charge in [-0.1, -0.05) is 27.2 Å². The zero-order valence-electron chi connectivity index (χ0n) is 6.15. The molecule has 1 aliphatic carbocycles. The van der Waals surface area contributed by atoms with E-state index in [4.69, 9.17) is 0 Å². The Bertz CT molecular complexity index is 74.1. The molecule has 0 heteroatoms. The maximum Gasteiger partial charge on any atom is -0.0360 e. The Hall–Kier alpha value is 0. The molecule has 0 unspecified atom stereocenters. The summed E-state index contributed by atoms with van der Waals surface area (Å²) in [6.07, 6.45) is 2.91. The van der Waals surface area contributed by atoms with Crippen molar-refractivity contribution in [2.24, 2.45) is 17.8 Å². The fourth-order valence-electron chi connectivity index (χ4n) is 1.56. The van der Waals surface area contributed by atoms with Crippen LogP contribution in [0.25, 0.3) is 0 Å². The standard InChI is InChI=1S/C8H16/c1-4-7-5-8(7)6(2)3/h6-8H,4-5H2,1-3H3/t7-,8+/m1/s1. The van der Waals surface area contributed by atoms with Crippen molar-refractivity contribution in [3.63, 3.8) is 0 Å². The Morgan fingerprint density at radius 1 is 1.50 bits per heavy atom. The van der Waals surface area contributed by atoms with Crippen LogP contribution in [0.1, 0.15) is 33.6 Å². The van der Waals surface area contributed by atoms with Crippen LogP contribution in [0.3, 0.4) is 0 Å². The highest BCUT2D eigenvalue weighted by Crippen LogP contribution is 2.45. The van der Waals surface area contributed by atoms with Crippen LogP contribution < -0.4 is 0 Å². The van der Waals surface area contributed by atoms with Gasteiger partial charge in [0.25, 0.3) is 0 Å². The van der Waals surface area contributed by atoms with Crippen LogP contribution in [0.5, 0.6) is 0 Å². The molecule has 0 radical (unpaired) electrons. The molecule has 0 heterocycles. The van der Waals surface area contributed by atoms with E-state index in [1.807, 2.05) is 0 Å². The van der Waals surface area contributed by atoms with Crippen molar-refractivity contribution in [1.82, 2.24) is 0 Å². The third-order valence-corrected chi connectivity index (χ3v) is 2.36. The van der Waals surface area contributed by atoms with Crippen LogP contribution in [0, 0.1) is 17.8 Å². The summed E-state index contributed by atoms with van der Waals surface area (Å²) in [4.78, 5) is 0. The molecule has 0 aromatic heterocycles. The van der Waals surface area contributed by atoms with Gasteiger partial charge < -0.3 is 0 Å². The summed E-state index contributed by atoms with van der Waals surface area (Å²) in [5.41, 5.74) is 0. The molecule has 0 saturated heterocycles. The average Bonchev–Trinajstić information content (AvgIpc) is 2.42. The topological polar surface area (TPSA) is 0 Å². The van der Waals surface area contributed by atoms with E-state index in [9.17, 15) is 0 Å². The Kier molecular flexibility index (Phi) is 1.59. The van der Waals surface area contributed by atoms with E-state index < -0.39 is 0 Å². The molecule has 0 aromatic rings. The summed E-state index contributed by atoms with van der Waals surface area (Å²) in [7, 11) is 0. The van der Waals surface area contributed by atoms with Crippen molar-refractivity contribution < 1.29 is 0 Å². The summed E-state index contributed by atoms with van der Waals surface area (Å²) in [5.74, 6) is 3.12. The van der Waals surface area contributed by atoms with Crippen LogP contribution >= 0.6 is 0 Å². The van der Waals surface area contributed by atoms with Crippen LogP contribution in [0.2, 0.25) is 0 Å². The second kappa shape index (κ2) is 2.08. The Morgan fingerprint density at radius 3 is 2.25 bits per heavy atom. The van der Waals surface area contributed by atoms with E-state index in [2.05, 4.69) is 20.8 Å². The van der Waals surface area contributed by atoms with Crippen LogP contribution in [-0.2, 0) is 0 Å². The second-order valence-corrected chi connectivity index (χ2v) is 3.31. The third-order valence-electron chi connectivity index (χ3n) is 2.36. The molecular weight excluding hydrogens is 96.1 g/mol. The highest BCUT2D eigenvalue weighted by molar-refractivity contribution is 4.86. The smallest absolute Gasteiger partial charge is 0.0360 e. The molecule has 48 valence electrons. The van der Waals surface area contributed by atoms with Gasteiger partial charge in [0, 0.05) is 0 Å². The van der Waals surface area contributed by atoms with Crippen LogP contribution in [0.4, 0.5) is 0 Å².